The molecule has 0 bridgehead atoms. The topological polar surface area (TPSA) is 18.5 Å². The fourth-order valence-electron chi connectivity index (χ4n) is 2.12. The van der Waals surface area contributed by atoms with Gasteiger partial charge in [-0.3, -0.25) is 0 Å². The van der Waals surface area contributed by atoms with Crippen molar-refractivity contribution in [3.05, 3.63) is 47.5 Å². The third-order valence-corrected chi connectivity index (χ3v) is 4.87. The molecule has 0 saturated heterocycles. The van der Waals surface area contributed by atoms with E-state index < -0.39 is 0 Å². The van der Waals surface area contributed by atoms with Gasteiger partial charge >= 0.3 is 0 Å². The largest absolute Gasteiger partial charge is 0.497 e. The maximum Gasteiger partial charge on any atom is 0.120 e. The lowest BCUT2D eigenvalue weighted by Crippen LogP contribution is -1.82. The number of hydrogen-bond donors (Lipinski definition) is 0. The van der Waals surface area contributed by atoms with Crippen LogP contribution >= 0.6 is 22.9 Å². The summed E-state index contributed by atoms with van der Waals surface area (Å²) in [5.41, 5.74) is 1.06. The lowest BCUT2D eigenvalue weighted by Gasteiger charge is -2.02. The van der Waals surface area contributed by atoms with E-state index >= 15 is 0 Å². The Labute approximate surface area is 126 Å². The number of fused-ring (bicyclic) bond motifs is 1. The van der Waals surface area contributed by atoms with Gasteiger partial charge in [-0.25, -0.2) is 0 Å². The van der Waals surface area contributed by atoms with E-state index in [1.807, 2.05) is 42.5 Å². The van der Waals surface area contributed by atoms with Gasteiger partial charge in [0.25, 0.3) is 0 Å². The molecule has 1 aromatic heterocycles. The van der Waals surface area contributed by atoms with Crippen LogP contribution in [0.4, 0.5) is 0 Å². The first-order chi connectivity index (χ1) is 9.72. The van der Waals surface area contributed by atoms with E-state index in [4.69, 9.17) is 21.1 Å². The fourth-order valence-corrected chi connectivity index (χ4v) is 3.69. The van der Waals surface area contributed by atoms with E-state index in [0.717, 1.165) is 37.0 Å². The van der Waals surface area contributed by atoms with Gasteiger partial charge < -0.3 is 9.47 Å². The lowest BCUT2D eigenvalue weighted by molar-refractivity contribution is 0.415. The molecular weight excluding hydrogens is 292 g/mol. The molecule has 0 atom stereocenters. The van der Waals surface area contributed by atoms with Gasteiger partial charge in [-0.1, -0.05) is 23.7 Å². The second-order valence-corrected chi connectivity index (χ2v) is 5.77. The number of rotatable bonds is 3. The van der Waals surface area contributed by atoms with Crippen molar-refractivity contribution >= 4 is 33.0 Å². The van der Waals surface area contributed by atoms with Crippen molar-refractivity contribution in [3.8, 4) is 21.9 Å². The number of methoxy groups -OCH3 is 2. The zero-order chi connectivity index (χ0) is 14.1. The SMILES string of the molecule is COc1cccc(-c2sc3cc(OC)ccc3c2Cl)c1. The van der Waals surface area contributed by atoms with Crippen LogP contribution in [0.3, 0.4) is 0 Å². The van der Waals surface area contributed by atoms with Crippen LogP contribution in [0, 0.1) is 0 Å². The van der Waals surface area contributed by atoms with Crippen molar-refractivity contribution in [2.75, 3.05) is 14.2 Å². The van der Waals surface area contributed by atoms with Crippen molar-refractivity contribution < 1.29 is 9.47 Å². The van der Waals surface area contributed by atoms with Crippen LogP contribution in [0.2, 0.25) is 5.02 Å². The zero-order valence-corrected chi connectivity index (χ0v) is 12.7. The smallest absolute Gasteiger partial charge is 0.120 e. The summed E-state index contributed by atoms with van der Waals surface area (Å²) < 4.78 is 11.6. The summed E-state index contributed by atoms with van der Waals surface area (Å²) in [6.07, 6.45) is 0. The normalized spacial score (nSPS) is 10.8. The summed E-state index contributed by atoms with van der Waals surface area (Å²) in [6, 6.07) is 13.9. The molecule has 102 valence electrons. The van der Waals surface area contributed by atoms with Crippen molar-refractivity contribution in [3.63, 3.8) is 0 Å². The molecule has 0 saturated carbocycles. The van der Waals surface area contributed by atoms with Gasteiger partial charge in [0.1, 0.15) is 11.5 Å². The van der Waals surface area contributed by atoms with E-state index in [9.17, 15) is 0 Å². The standard InChI is InChI=1S/C16H13ClO2S/c1-18-11-5-3-4-10(8-11)16-15(17)13-7-6-12(19-2)9-14(13)20-16/h3-9H,1-2H3. The molecule has 0 unspecified atom stereocenters. The highest BCUT2D eigenvalue weighted by atomic mass is 35.5. The average molecular weight is 305 g/mol. The fraction of sp³-hybridized carbons (Fsp3) is 0.125. The summed E-state index contributed by atoms with van der Waals surface area (Å²) >= 11 is 8.17. The Balaban J connectivity index is 2.18. The number of halogens is 1. The van der Waals surface area contributed by atoms with E-state index in [0.29, 0.717) is 0 Å². The molecule has 20 heavy (non-hydrogen) atoms. The highest BCUT2D eigenvalue weighted by molar-refractivity contribution is 7.23. The minimum Gasteiger partial charge on any atom is -0.497 e. The molecule has 2 nitrogen and oxygen atoms in total. The molecule has 2 aromatic carbocycles. The Bertz CT molecular complexity index is 764. The summed E-state index contributed by atoms with van der Waals surface area (Å²) in [5, 5.41) is 1.83. The van der Waals surface area contributed by atoms with Crippen LogP contribution in [-0.4, -0.2) is 14.2 Å². The molecule has 0 spiro atoms. The van der Waals surface area contributed by atoms with Crippen LogP contribution < -0.4 is 9.47 Å². The number of thiophene rings is 1. The Morgan fingerprint density at radius 3 is 2.45 bits per heavy atom. The van der Waals surface area contributed by atoms with E-state index in [2.05, 4.69) is 0 Å². The molecule has 0 amide bonds. The Hall–Kier alpha value is -1.71. The van der Waals surface area contributed by atoms with Crippen LogP contribution in [0.1, 0.15) is 0 Å². The Morgan fingerprint density at radius 1 is 0.950 bits per heavy atom. The molecule has 0 fully saturated rings. The molecule has 4 heteroatoms. The zero-order valence-electron chi connectivity index (χ0n) is 11.1. The molecule has 0 radical (unpaired) electrons. The lowest BCUT2D eigenvalue weighted by atomic mass is 10.1. The maximum atomic E-state index is 6.51. The quantitative estimate of drug-likeness (QED) is 0.659. The van der Waals surface area contributed by atoms with Crippen molar-refractivity contribution in [2.45, 2.75) is 0 Å². The predicted octanol–water partition coefficient (Wildman–Crippen LogP) is 5.24. The summed E-state index contributed by atoms with van der Waals surface area (Å²) in [7, 11) is 3.33. The summed E-state index contributed by atoms with van der Waals surface area (Å²) in [5.74, 6) is 1.67. The monoisotopic (exact) mass is 304 g/mol. The van der Waals surface area contributed by atoms with Crippen LogP contribution in [0.5, 0.6) is 11.5 Å². The van der Waals surface area contributed by atoms with Gasteiger partial charge in [-0.05, 0) is 35.9 Å². The van der Waals surface area contributed by atoms with Gasteiger partial charge in [0.05, 0.1) is 24.1 Å². The Morgan fingerprint density at radius 2 is 1.70 bits per heavy atom. The maximum absolute atomic E-state index is 6.51. The summed E-state index contributed by atoms with van der Waals surface area (Å²) in [6.45, 7) is 0. The van der Waals surface area contributed by atoms with Crippen molar-refractivity contribution in [1.29, 1.82) is 0 Å². The third-order valence-electron chi connectivity index (χ3n) is 3.17. The molecule has 0 aliphatic heterocycles. The molecule has 1 heterocycles. The third kappa shape index (κ3) is 2.23. The first-order valence-electron chi connectivity index (χ1n) is 6.13. The minimum absolute atomic E-state index is 0.779. The average Bonchev–Trinajstić information content (AvgIpc) is 2.83. The highest BCUT2D eigenvalue weighted by Gasteiger charge is 2.13. The van der Waals surface area contributed by atoms with Crippen LogP contribution in [-0.2, 0) is 0 Å². The number of benzene rings is 2. The first kappa shape index (κ1) is 13.3. The molecule has 0 aliphatic rings. The van der Waals surface area contributed by atoms with E-state index in [-0.39, 0.29) is 0 Å². The molecule has 0 N–H and O–H groups in total. The number of ether oxygens (including phenoxy) is 2. The molecular formula is C16H13ClO2S. The van der Waals surface area contributed by atoms with Crippen LogP contribution in [0.25, 0.3) is 20.5 Å². The summed E-state index contributed by atoms with van der Waals surface area (Å²) in [4.78, 5) is 1.05. The molecule has 3 rings (SSSR count). The van der Waals surface area contributed by atoms with Gasteiger partial charge in [0.2, 0.25) is 0 Å². The van der Waals surface area contributed by atoms with Crippen molar-refractivity contribution in [2.24, 2.45) is 0 Å². The Kier molecular flexibility index (Phi) is 3.55. The van der Waals surface area contributed by atoms with Gasteiger partial charge in [0.15, 0.2) is 0 Å². The first-order valence-corrected chi connectivity index (χ1v) is 7.33. The van der Waals surface area contributed by atoms with Crippen molar-refractivity contribution in [1.82, 2.24) is 0 Å². The van der Waals surface area contributed by atoms with Crippen LogP contribution in [0.15, 0.2) is 42.5 Å². The van der Waals surface area contributed by atoms with E-state index in [1.54, 1.807) is 25.6 Å². The van der Waals surface area contributed by atoms with Gasteiger partial charge in [-0.15, -0.1) is 11.3 Å². The van der Waals surface area contributed by atoms with Gasteiger partial charge in [-0.2, -0.15) is 0 Å². The molecule has 3 aromatic rings. The molecule has 0 aliphatic carbocycles. The predicted molar refractivity (Wildman–Crippen MR) is 85.4 cm³/mol. The second-order valence-electron chi connectivity index (χ2n) is 4.34. The minimum atomic E-state index is 0.779. The van der Waals surface area contributed by atoms with E-state index in [1.165, 1.54) is 0 Å². The number of hydrogen-bond acceptors (Lipinski definition) is 3. The van der Waals surface area contributed by atoms with Gasteiger partial charge in [0, 0.05) is 10.1 Å². The highest BCUT2D eigenvalue weighted by Crippen LogP contribution is 2.43. The second kappa shape index (κ2) is 5.35.